The zero-order valence-corrected chi connectivity index (χ0v) is 15.4. The zero-order valence-electron chi connectivity index (χ0n) is 15.4. The van der Waals surface area contributed by atoms with Crippen LogP contribution in [-0.2, 0) is 16.6 Å². The zero-order chi connectivity index (χ0) is 18.9. The van der Waals surface area contributed by atoms with Crippen LogP contribution in [-0.4, -0.2) is 34.9 Å². The number of esters is 1. The lowest BCUT2D eigenvalue weighted by molar-refractivity contribution is -0.119. The molecule has 0 bridgehead atoms. The number of anilines is 1. The van der Waals surface area contributed by atoms with Crippen LogP contribution >= 0.6 is 0 Å². The van der Waals surface area contributed by atoms with Crippen molar-refractivity contribution in [1.29, 1.82) is 0 Å². The first kappa shape index (κ1) is 19.5. The quantitative estimate of drug-likeness (QED) is 0.549. The van der Waals surface area contributed by atoms with E-state index in [2.05, 4.69) is 17.3 Å². The highest BCUT2D eigenvalue weighted by Crippen LogP contribution is 2.14. The SMILES string of the molecule is CCCCCOc1ccc(C(=O)OCC(=O)Nc2cc(C)nn2C)cc1. The standard InChI is InChI=1S/C19H25N3O4/c1-4-5-6-11-25-16-9-7-15(8-10-16)19(24)26-13-18(23)20-17-12-14(2)21-22(17)3/h7-10,12H,4-6,11,13H2,1-3H3,(H,20,23). The summed E-state index contributed by atoms with van der Waals surface area (Å²) in [7, 11) is 1.72. The second-order valence-corrected chi connectivity index (χ2v) is 6.00. The second-order valence-electron chi connectivity index (χ2n) is 6.00. The Labute approximate surface area is 153 Å². The molecule has 1 heterocycles. The molecule has 2 rings (SSSR count). The molecule has 0 aliphatic carbocycles. The van der Waals surface area contributed by atoms with Crippen LogP contribution in [0, 0.1) is 6.92 Å². The number of carbonyl (C=O) groups is 2. The summed E-state index contributed by atoms with van der Waals surface area (Å²) in [6.45, 7) is 4.26. The van der Waals surface area contributed by atoms with E-state index in [0.717, 1.165) is 25.0 Å². The Morgan fingerprint density at radius 3 is 2.54 bits per heavy atom. The van der Waals surface area contributed by atoms with E-state index in [1.54, 1.807) is 42.1 Å². The number of benzene rings is 1. The summed E-state index contributed by atoms with van der Waals surface area (Å²) in [6, 6.07) is 8.43. The van der Waals surface area contributed by atoms with Gasteiger partial charge in [-0.1, -0.05) is 19.8 Å². The third kappa shape index (κ3) is 5.91. The van der Waals surface area contributed by atoms with Crippen LogP contribution in [0.1, 0.15) is 42.2 Å². The Morgan fingerprint density at radius 1 is 1.19 bits per heavy atom. The number of nitrogens with one attached hydrogen (secondary N) is 1. The Morgan fingerprint density at radius 2 is 1.92 bits per heavy atom. The van der Waals surface area contributed by atoms with Gasteiger partial charge in [0.05, 0.1) is 17.9 Å². The summed E-state index contributed by atoms with van der Waals surface area (Å²) in [5.74, 6) is 0.284. The van der Waals surface area contributed by atoms with Gasteiger partial charge in [-0.05, 0) is 37.6 Å². The number of aromatic nitrogens is 2. The topological polar surface area (TPSA) is 82.4 Å². The van der Waals surface area contributed by atoms with Crippen LogP contribution in [0.25, 0.3) is 0 Å². The summed E-state index contributed by atoms with van der Waals surface area (Å²) in [5.41, 5.74) is 1.16. The lowest BCUT2D eigenvalue weighted by Crippen LogP contribution is -2.22. The summed E-state index contributed by atoms with van der Waals surface area (Å²) in [6.07, 6.45) is 3.28. The van der Waals surface area contributed by atoms with Crippen LogP contribution < -0.4 is 10.1 Å². The molecule has 0 unspecified atom stereocenters. The Bertz CT molecular complexity index is 738. The van der Waals surface area contributed by atoms with Gasteiger partial charge in [-0.25, -0.2) is 4.79 Å². The Balaban J connectivity index is 1.78. The maximum Gasteiger partial charge on any atom is 0.338 e. The van der Waals surface area contributed by atoms with Crippen molar-refractivity contribution in [3.05, 3.63) is 41.6 Å². The normalized spacial score (nSPS) is 10.4. The van der Waals surface area contributed by atoms with Gasteiger partial charge < -0.3 is 14.8 Å². The Hall–Kier alpha value is -2.83. The van der Waals surface area contributed by atoms with Crippen LogP contribution in [0.2, 0.25) is 0 Å². The van der Waals surface area contributed by atoms with Crippen molar-refractivity contribution in [3.63, 3.8) is 0 Å². The van der Waals surface area contributed by atoms with Crippen molar-refractivity contribution in [1.82, 2.24) is 9.78 Å². The van der Waals surface area contributed by atoms with E-state index in [4.69, 9.17) is 9.47 Å². The molecule has 0 spiro atoms. The fraction of sp³-hybridized carbons (Fsp3) is 0.421. The van der Waals surface area contributed by atoms with E-state index in [1.807, 2.05) is 6.92 Å². The van der Waals surface area contributed by atoms with Crippen molar-refractivity contribution in [2.24, 2.45) is 7.05 Å². The van der Waals surface area contributed by atoms with Gasteiger partial charge in [0.1, 0.15) is 11.6 Å². The minimum Gasteiger partial charge on any atom is -0.494 e. The number of amides is 1. The molecule has 1 N–H and O–H groups in total. The summed E-state index contributed by atoms with van der Waals surface area (Å²) in [5, 5.41) is 6.77. The highest BCUT2D eigenvalue weighted by molar-refractivity contribution is 5.95. The van der Waals surface area contributed by atoms with Gasteiger partial charge in [0.2, 0.25) is 0 Å². The van der Waals surface area contributed by atoms with Crippen LogP contribution in [0.3, 0.4) is 0 Å². The summed E-state index contributed by atoms with van der Waals surface area (Å²) < 4.78 is 12.2. The number of aryl methyl sites for hydroxylation is 2. The number of rotatable bonds is 9. The molecular weight excluding hydrogens is 334 g/mol. The summed E-state index contributed by atoms with van der Waals surface area (Å²) >= 11 is 0. The average molecular weight is 359 g/mol. The molecule has 1 aromatic carbocycles. The van der Waals surface area contributed by atoms with Gasteiger partial charge in [0.25, 0.3) is 5.91 Å². The predicted octanol–water partition coefficient (Wildman–Crippen LogP) is 3.09. The molecular formula is C19H25N3O4. The molecule has 0 saturated heterocycles. The van der Waals surface area contributed by atoms with Gasteiger partial charge in [0, 0.05) is 13.1 Å². The number of hydrogen-bond acceptors (Lipinski definition) is 5. The first-order valence-electron chi connectivity index (χ1n) is 8.70. The second kappa shape index (κ2) is 9.60. The fourth-order valence-electron chi connectivity index (χ4n) is 2.35. The number of nitrogens with zero attached hydrogens (tertiary/aromatic N) is 2. The molecule has 140 valence electrons. The molecule has 0 aliphatic heterocycles. The monoisotopic (exact) mass is 359 g/mol. The van der Waals surface area contributed by atoms with E-state index < -0.39 is 11.9 Å². The lowest BCUT2D eigenvalue weighted by atomic mass is 10.2. The lowest BCUT2D eigenvalue weighted by Gasteiger charge is -2.08. The molecule has 0 aliphatic rings. The van der Waals surface area contributed by atoms with Crippen LogP contribution in [0.15, 0.2) is 30.3 Å². The minimum absolute atomic E-state index is 0.363. The third-order valence-electron chi connectivity index (χ3n) is 3.71. The molecule has 0 fully saturated rings. The summed E-state index contributed by atoms with van der Waals surface area (Å²) in [4.78, 5) is 23.9. The minimum atomic E-state index is -0.557. The van der Waals surface area contributed by atoms with Crippen molar-refractivity contribution in [3.8, 4) is 5.75 Å². The first-order valence-corrected chi connectivity index (χ1v) is 8.70. The Kier molecular flexibility index (Phi) is 7.20. The van der Waals surface area contributed by atoms with E-state index >= 15 is 0 Å². The van der Waals surface area contributed by atoms with Gasteiger partial charge in [-0.3, -0.25) is 9.48 Å². The molecule has 0 atom stereocenters. The highest BCUT2D eigenvalue weighted by Gasteiger charge is 2.12. The van der Waals surface area contributed by atoms with Crippen molar-refractivity contribution in [2.75, 3.05) is 18.5 Å². The molecule has 26 heavy (non-hydrogen) atoms. The van der Waals surface area contributed by atoms with Gasteiger partial charge in [-0.15, -0.1) is 0 Å². The number of hydrogen-bond donors (Lipinski definition) is 1. The molecule has 7 heteroatoms. The van der Waals surface area contributed by atoms with Crippen LogP contribution in [0.5, 0.6) is 5.75 Å². The van der Waals surface area contributed by atoms with E-state index in [0.29, 0.717) is 23.7 Å². The highest BCUT2D eigenvalue weighted by atomic mass is 16.5. The molecule has 0 saturated carbocycles. The van der Waals surface area contributed by atoms with Crippen LogP contribution in [0.4, 0.5) is 5.82 Å². The average Bonchev–Trinajstić information content (AvgIpc) is 2.94. The van der Waals surface area contributed by atoms with Gasteiger partial charge in [0.15, 0.2) is 6.61 Å². The fourth-order valence-corrected chi connectivity index (χ4v) is 2.35. The largest absolute Gasteiger partial charge is 0.494 e. The molecule has 2 aromatic rings. The third-order valence-corrected chi connectivity index (χ3v) is 3.71. The number of carbonyl (C=O) groups excluding carboxylic acids is 2. The van der Waals surface area contributed by atoms with Gasteiger partial charge >= 0.3 is 5.97 Å². The van der Waals surface area contributed by atoms with Crippen molar-refractivity contribution in [2.45, 2.75) is 33.1 Å². The van der Waals surface area contributed by atoms with Crippen molar-refractivity contribution >= 4 is 17.7 Å². The molecule has 0 radical (unpaired) electrons. The smallest absolute Gasteiger partial charge is 0.338 e. The van der Waals surface area contributed by atoms with E-state index in [9.17, 15) is 9.59 Å². The number of unbranched alkanes of at least 4 members (excludes halogenated alkanes) is 2. The predicted molar refractivity (Wildman–Crippen MR) is 98.3 cm³/mol. The number of ether oxygens (including phenoxy) is 2. The molecule has 1 aromatic heterocycles. The van der Waals surface area contributed by atoms with E-state index in [1.165, 1.54) is 0 Å². The maximum absolute atomic E-state index is 12.0. The molecule has 7 nitrogen and oxygen atoms in total. The molecule has 1 amide bonds. The van der Waals surface area contributed by atoms with Crippen molar-refractivity contribution < 1.29 is 19.1 Å². The van der Waals surface area contributed by atoms with E-state index in [-0.39, 0.29) is 6.61 Å². The maximum atomic E-state index is 12.0. The van der Waals surface area contributed by atoms with Gasteiger partial charge in [-0.2, -0.15) is 5.10 Å². The first-order chi connectivity index (χ1) is 12.5.